The lowest BCUT2D eigenvalue weighted by Crippen LogP contribution is -2.58. The fraction of sp³-hybridized carbons (Fsp3) is 0.556. The maximum absolute atomic E-state index is 12.2. The molecule has 0 saturated carbocycles. The van der Waals surface area contributed by atoms with Crippen molar-refractivity contribution in [3.05, 3.63) is 30.2 Å². The second kappa shape index (κ2) is 7.77. The summed E-state index contributed by atoms with van der Waals surface area (Å²) in [7, 11) is 0. The predicted molar refractivity (Wildman–Crippen MR) is 100 cm³/mol. The van der Waals surface area contributed by atoms with E-state index < -0.39 is 0 Å². The highest BCUT2D eigenvalue weighted by Gasteiger charge is 2.24. The van der Waals surface area contributed by atoms with Crippen LogP contribution in [0, 0.1) is 6.92 Å². The fourth-order valence-electron chi connectivity index (χ4n) is 3.36. The molecule has 2 aromatic heterocycles. The van der Waals surface area contributed by atoms with Gasteiger partial charge in [0.05, 0.1) is 5.52 Å². The molecule has 1 aliphatic rings. The minimum atomic E-state index is 0. The van der Waals surface area contributed by atoms with Gasteiger partial charge in [0, 0.05) is 52.5 Å². The van der Waals surface area contributed by atoms with Gasteiger partial charge in [-0.2, -0.15) is 0 Å². The molecule has 3 rings (SSSR count). The van der Waals surface area contributed by atoms with E-state index in [1.807, 2.05) is 30.0 Å². The number of amides is 1. The van der Waals surface area contributed by atoms with Crippen LogP contribution in [0.15, 0.2) is 24.7 Å². The lowest BCUT2D eigenvalue weighted by molar-refractivity contribution is -0.121. The summed E-state index contributed by atoms with van der Waals surface area (Å²) in [5.41, 5.74) is 2.21. The van der Waals surface area contributed by atoms with Crippen molar-refractivity contribution < 1.29 is 7.65 Å². The SMILES string of the molecule is CCNC1CN(CCCNC(=O)Cn2cc(C)c3cnccc32)C1.[HH].[HH]. The molecule has 6 nitrogen and oxygen atoms in total. The van der Waals surface area contributed by atoms with Gasteiger partial charge in [-0.25, -0.2) is 0 Å². The van der Waals surface area contributed by atoms with Crippen LogP contribution in [0.2, 0.25) is 0 Å². The van der Waals surface area contributed by atoms with Gasteiger partial charge in [0.1, 0.15) is 6.54 Å². The third-order valence-electron chi connectivity index (χ3n) is 4.62. The molecule has 2 N–H and O–H groups in total. The molecular weight excluding hydrogens is 302 g/mol. The Morgan fingerprint density at radius 3 is 3.08 bits per heavy atom. The summed E-state index contributed by atoms with van der Waals surface area (Å²) in [6, 6.07) is 2.62. The number of carbonyl (C=O) groups excluding carboxylic acids is 1. The molecule has 0 atom stereocenters. The van der Waals surface area contributed by atoms with Crippen LogP contribution < -0.4 is 10.6 Å². The number of hydrogen-bond acceptors (Lipinski definition) is 4. The standard InChI is InChI=1S/C18H27N5O.2H2/c1-3-20-15-11-22(12-15)8-4-6-21-18(24)13-23-10-14(2)16-9-19-7-5-17(16)23;;/h5,7,9-10,15,20H,3-4,6,8,11-13H2,1-2H3,(H,21,24);2*1H. The molecule has 1 saturated heterocycles. The Hall–Kier alpha value is -1.92. The highest BCUT2D eigenvalue weighted by atomic mass is 16.1. The van der Waals surface area contributed by atoms with Gasteiger partial charge in [-0.05, 0) is 38.1 Å². The molecule has 6 heteroatoms. The van der Waals surface area contributed by atoms with Crippen molar-refractivity contribution in [2.75, 3.05) is 32.7 Å². The number of rotatable bonds is 8. The first-order valence-electron chi connectivity index (χ1n) is 8.79. The first-order valence-corrected chi connectivity index (χ1v) is 8.79. The zero-order valence-corrected chi connectivity index (χ0v) is 14.6. The average Bonchev–Trinajstić information content (AvgIpc) is 2.85. The van der Waals surface area contributed by atoms with Crippen molar-refractivity contribution >= 4 is 16.8 Å². The van der Waals surface area contributed by atoms with E-state index in [4.69, 9.17) is 0 Å². The minimum absolute atomic E-state index is 0. The fourth-order valence-corrected chi connectivity index (χ4v) is 3.36. The van der Waals surface area contributed by atoms with Crippen LogP contribution in [0.3, 0.4) is 0 Å². The zero-order chi connectivity index (χ0) is 16.9. The van der Waals surface area contributed by atoms with E-state index in [1.54, 1.807) is 6.20 Å². The molecule has 0 radical (unpaired) electrons. The van der Waals surface area contributed by atoms with Gasteiger partial charge in [0.15, 0.2) is 0 Å². The Bertz CT molecular complexity index is 700. The van der Waals surface area contributed by atoms with E-state index >= 15 is 0 Å². The molecule has 3 heterocycles. The summed E-state index contributed by atoms with van der Waals surface area (Å²) in [5, 5.41) is 7.58. The van der Waals surface area contributed by atoms with Crippen molar-refractivity contribution in [1.29, 1.82) is 0 Å². The molecular formula is C18H31N5O. The van der Waals surface area contributed by atoms with Crippen LogP contribution in [0.25, 0.3) is 10.9 Å². The van der Waals surface area contributed by atoms with Gasteiger partial charge >= 0.3 is 0 Å². The van der Waals surface area contributed by atoms with Gasteiger partial charge in [0.2, 0.25) is 5.91 Å². The summed E-state index contributed by atoms with van der Waals surface area (Å²) in [4.78, 5) is 18.7. The topological polar surface area (TPSA) is 62.2 Å². The Labute approximate surface area is 146 Å². The molecule has 24 heavy (non-hydrogen) atoms. The number of carbonyl (C=O) groups is 1. The summed E-state index contributed by atoms with van der Waals surface area (Å²) in [5.74, 6) is 0.0675. The summed E-state index contributed by atoms with van der Waals surface area (Å²) < 4.78 is 2.00. The number of nitrogens with zero attached hydrogens (tertiary/aromatic N) is 3. The van der Waals surface area contributed by atoms with Crippen LogP contribution in [0.1, 0.15) is 21.8 Å². The van der Waals surface area contributed by atoms with Gasteiger partial charge in [-0.1, -0.05) is 6.92 Å². The van der Waals surface area contributed by atoms with Gasteiger partial charge in [0.25, 0.3) is 0 Å². The summed E-state index contributed by atoms with van der Waals surface area (Å²) in [6.45, 7) is 9.64. The molecule has 0 aromatic carbocycles. The lowest BCUT2D eigenvalue weighted by atomic mass is 10.1. The van der Waals surface area contributed by atoms with Crippen LogP contribution in [0.5, 0.6) is 0 Å². The first-order chi connectivity index (χ1) is 11.7. The predicted octanol–water partition coefficient (Wildman–Crippen LogP) is 1.64. The summed E-state index contributed by atoms with van der Waals surface area (Å²) in [6.07, 6.45) is 6.64. The van der Waals surface area contributed by atoms with Crippen LogP contribution in [0.4, 0.5) is 0 Å². The molecule has 1 amide bonds. The van der Waals surface area contributed by atoms with Gasteiger partial charge < -0.3 is 20.1 Å². The lowest BCUT2D eigenvalue weighted by Gasteiger charge is -2.39. The second-order valence-electron chi connectivity index (χ2n) is 6.55. The second-order valence-corrected chi connectivity index (χ2v) is 6.55. The maximum atomic E-state index is 12.2. The van der Waals surface area contributed by atoms with Gasteiger partial charge in [-0.3, -0.25) is 9.78 Å². The normalized spacial score (nSPS) is 15.6. The molecule has 1 fully saturated rings. The highest BCUT2D eigenvalue weighted by Crippen LogP contribution is 2.18. The highest BCUT2D eigenvalue weighted by molar-refractivity contribution is 5.85. The Kier molecular flexibility index (Phi) is 5.48. The van der Waals surface area contributed by atoms with E-state index in [0.717, 1.165) is 55.6 Å². The van der Waals surface area contributed by atoms with E-state index in [2.05, 4.69) is 27.4 Å². The Morgan fingerprint density at radius 1 is 1.46 bits per heavy atom. The molecule has 0 spiro atoms. The number of nitrogens with one attached hydrogen (secondary N) is 2. The van der Waals surface area contributed by atoms with Gasteiger partial charge in [-0.15, -0.1) is 0 Å². The monoisotopic (exact) mass is 333 g/mol. The van der Waals surface area contributed by atoms with Crippen LogP contribution in [-0.2, 0) is 11.3 Å². The van der Waals surface area contributed by atoms with Crippen LogP contribution in [-0.4, -0.2) is 59.1 Å². The third-order valence-corrected chi connectivity index (χ3v) is 4.62. The number of aryl methyl sites for hydroxylation is 1. The number of aromatic nitrogens is 2. The van der Waals surface area contributed by atoms with Crippen molar-refractivity contribution in [2.24, 2.45) is 0 Å². The van der Waals surface area contributed by atoms with Crippen molar-refractivity contribution in [2.45, 2.75) is 32.9 Å². The van der Waals surface area contributed by atoms with Crippen molar-refractivity contribution in [3.63, 3.8) is 0 Å². The third kappa shape index (κ3) is 3.94. The molecule has 0 unspecified atom stereocenters. The summed E-state index contributed by atoms with van der Waals surface area (Å²) >= 11 is 0. The molecule has 2 aromatic rings. The molecule has 0 aliphatic carbocycles. The van der Waals surface area contributed by atoms with E-state index in [9.17, 15) is 4.79 Å². The number of hydrogen-bond donors (Lipinski definition) is 2. The number of likely N-dealkylation sites (N-methyl/N-ethyl adjacent to an activating group) is 1. The Balaban J connectivity index is 0.00000169. The van der Waals surface area contributed by atoms with Crippen molar-refractivity contribution in [1.82, 2.24) is 25.1 Å². The molecule has 0 bridgehead atoms. The average molecular weight is 333 g/mol. The zero-order valence-electron chi connectivity index (χ0n) is 14.6. The van der Waals surface area contributed by atoms with E-state index in [-0.39, 0.29) is 8.76 Å². The number of fused-ring (bicyclic) bond motifs is 1. The van der Waals surface area contributed by atoms with Crippen LogP contribution >= 0.6 is 0 Å². The maximum Gasteiger partial charge on any atom is 0.239 e. The quantitative estimate of drug-likeness (QED) is 0.721. The minimum Gasteiger partial charge on any atom is -0.355 e. The van der Waals surface area contributed by atoms with E-state index in [1.165, 1.54) is 0 Å². The smallest absolute Gasteiger partial charge is 0.239 e. The largest absolute Gasteiger partial charge is 0.355 e. The number of likely N-dealkylation sites (tertiary alicyclic amines) is 1. The molecule has 1 aliphatic heterocycles. The van der Waals surface area contributed by atoms with E-state index in [0.29, 0.717) is 12.6 Å². The first kappa shape index (κ1) is 16.9. The number of pyridine rings is 1. The Morgan fingerprint density at radius 2 is 2.29 bits per heavy atom. The van der Waals surface area contributed by atoms with Crippen molar-refractivity contribution in [3.8, 4) is 0 Å². The molecule has 134 valence electrons.